The molecule has 108 valence electrons. The van der Waals surface area contributed by atoms with Crippen LogP contribution >= 0.6 is 11.3 Å². The van der Waals surface area contributed by atoms with Crippen molar-refractivity contribution in [1.82, 2.24) is 15.6 Å². The lowest BCUT2D eigenvalue weighted by Crippen LogP contribution is -2.44. The smallest absolute Gasteiger partial charge is 0.191 e. The molecule has 0 bridgehead atoms. The maximum atomic E-state index is 4.42. The summed E-state index contributed by atoms with van der Waals surface area (Å²) in [5.74, 6) is 1.46. The third-order valence-corrected chi connectivity index (χ3v) is 4.37. The predicted molar refractivity (Wildman–Crippen MR) is 84.0 cm³/mol. The lowest BCUT2D eigenvalue weighted by Gasteiger charge is -2.20. The van der Waals surface area contributed by atoms with Gasteiger partial charge < -0.3 is 10.6 Å². The van der Waals surface area contributed by atoms with Gasteiger partial charge in [-0.25, -0.2) is 4.98 Å². The van der Waals surface area contributed by atoms with Crippen LogP contribution in [0.1, 0.15) is 37.6 Å². The summed E-state index contributed by atoms with van der Waals surface area (Å²) in [5.41, 5.74) is 0. The molecule has 0 saturated carbocycles. The van der Waals surface area contributed by atoms with Gasteiger partial charge in [-0.3, -0.25) is 4.99 Å². The molecule has 1 atom stereocenters. The molecule has 0 saturated heterocycles. The highest BCUT2D eigenvalue weighted by atomic mass is 32.1. The third-order valence-electron chi connectivity index (χ3n) is 3.17. The van der Waals surface area contributed by atoms with Crippen molar-refractivity contribution in [1.29, 1.82) is 0 Å². The number of nitrogens with zero attached hydrogens (tertiary/aromatic N) is 2. The number of thiazole rings is 1. The van der Waals surface area contributed by atoms with Gasteiger partial charge in [0.1, 0.15) is 0 Å². The first kappa shape index (κ1) is 16.0. The minimum Gasteiger partial charge on any atom is -0.356 e. The van der Waals surface area contributed by atoms with Crippen molar-refractivity contribution >= 4 is 17.3 Å². The molecule has 0 aliphatic carbocycles. The Balaban J connectivity index is 2.34. The van der Waals surface area contributed by atoms with E-state index in [1.165, 1.54) is 9.88 Å². The summed E-state index contributed by atoms with van der Waals surface area (Å²) in [7, 11) is 1.81. The summed E-state index contributed by atoms with van der Waals surface area (Å²) in [6, 6.07) is 0.415. The average molecular weight is 282 g/mol. The Hall–Kier alpha value is -1.10. The van der Waals surface area contributed by atoms with Crippen molar-refractivity contribution in [3.63, 3.8) is 0 Å². The summed E-state index contributed by atoms with van der Waals surface area (Å²) in [6.45, 7) is 9.60. The van der Waals surface area contributed by atoms with E-state index in [-0.39, 0.29) is 0 Å². The van der Waals surface area contributed by atoms with E-state index in [0.717, 1.165) is 25.3 Å². The second-order valence-corrected chi connectivity index (χ2v) is 6.20. The largest absolute Gasteiger partial charge is 0.356 e. The van der Waals surface area contributed by atoms with E-state index in [2.05, 4.69) is 48.3 Å². The molecule has 1 aromatic heterocycles. The predicted octanol–water partition coefficient (Wildman–Crippen LogP) is 2.46. The first-order valence-electron chi connectivity index (χ1n) is 6.97. The number of aliphatic imine (C=N–C) groups is 1. The molecule has 0 fully saturated rings. The van der Waals surface area contributed by atoms with Gasteiger partial charge in [0.25, 0.3) is 0 Å². The normalized spacial score (nSPS) is 13.7. The fraction of sp³-hybridized carbons (Fsp3) is 0.714. The number of nitrogens with one attached hydrogen (secondary N) is 2. The van der Waals surface area contributed by atoms with Crippen LogP contribution in [0.3, 0.4) is 0 Å². The van der Waals surface area contributed by atoms with E-state index in [9.17, 15) is 0 Å². The molecular weight excluding hydrogens is 256 g/mol. The van der Waals surface area contributed by atoms with E-state index in [4.69, 9.17) is 0 Å². The van der Waals surface area contributed by atoms with Crippen LogP contribution in [-0.4, -0.2) is 30.6 Å². The van der Waals surface area contributed by atoms with Crippen LogP contribution in [0.25, 0.3) is 0 Å². The number of hydrogen-bond acceptors (Lipinski definition) is 3. The summed E-state index contributed by atoms with van der Waals surface area (Å²) in [5, 5.41) is 7.92. The zero-order valence-corrected chi connectivity index (χ0v) is 13.5. The summed E-state index contributed by atoms with van der Waals surface area (Å²) < 4.78 is 0. The molecule has 0 amide bonds. The van der Waals surface area contributed by atoms with Crippen molar-refractivity contribution in [2.45, 2.75) is 46.6 Å². The lowest BCUT2D eigenvalue weighted by molar-refractivity contribution is 0.481. The fourth-order valence-electron chi connectivity index (χ4n) is 1.49. The lowest BCUT2D eigenvalue weighted by atomic mass is 10.1. The number of guanidine groups is 1. The van der Waals surface area contributed by atoms with Gasteiger partial charge in [0.15, 0.2) is 5.96 Å². The minimum atomic E-state index is 0.415. The highest BCUT2D eigenvalue weighted by Crippen LogP contribution is 2.13. The topological polar surface area (TPSA) is 49.3 Å². The van der Waals surface area contributed by atoms with Gasteiger partial charge in [0, 0.05) is 37.1 Å². The Morgan fingerprint density at radius 2 is 2.16 bits per heavy atom. The molecular formula is C14H26N4S. The summed E-state index contributed by atoms with van der Waals surface area (Å²) in [4.78, 5) is 10.0. The molecule has 1 heterocycles. The van der Waals surface area contributed by atoms with E-state index in [1.54, 1.807) is 18.4 Å². The van der Waals surface area contributed by atoms with Gasteiger partial charge in [-0.05, 0) is 19.3 Å². The summed E-state index contributed by atoms with van der Waals surface area (Å²) in [6.07, 6.45) is 4.00. The Morgan fingerprint density at radius 3 is 2.68 bits per heavy atom. The first-order valence-corrected chi connectivity index (χ1v) is 7.79. The number of aryl methyl sites for hydroxylation is 1. The Morgan fingerprint density at radius 1 is 1.42 bits per heavy atom. The molecule has 1 rings (SSSR count). The van der Waals surface area contributed by atoms with Crippen molar-refractivity contribution in [2.24, 2.45) is 10.9 Å². The van der Waals surface area contributed by atoms with Gasteiger partial charge in [0.2, 0.25) is 0 Å². The van der Waals surface area contributed by atoms with Crippen molar-refractivity contribution in [3.8, 4) is 0 Å². The van der Waals surface area contributed by atoms with Gasteiger partial charge in [-0.1, -0.05) is 20.8 Å². The van der Waals surface area contributed by atoms with Crippen LogP contribution in [0.4, 0.5) is 0 Å². The monoisotopic (exact) mass is 282 g/mol. The van der Waals surface area contributed by atoms with Crippen molar-refractivity contribution < 1.29 is 0 Å². The van der Waals surface area contributed by atoms with Crippen LogP contribution in [0.2, 0.25) is 0 Å². The standard InChI is InChI=1S/C14H26N4S/c1-6-12-9-17-13(19-12)7-8-16-14(15-5)18-11(4)10(2)3/h9-11H,6-8H2,1-5H3,(H2,15,16,18). The van der Waals surface area contributed by atoms with Crippen LogP contribution in [-0.2, 0) is 12.8 Å². The molecule has 4 nitrogen and oxygen atoms in total. The molecule has 0 spiro atoms. The molecule has 1 unspecified atom stereocenters. The number of rotatable bonds is 6. The quantitative estimate of drug-likeness (QED) is 0.622. The van der Waals surface area contributed by atoms with Crippen molar-refractivity contribution in [3.05, 3.63) is 16.1 Å². The van der Waals surface area contributed by atoms with Crippen LogP contribution < -0.4 is 10.6 Å². The number of aromatic nitrogens is 1. The van der Waals surface area contributed by atoms with E-state index >= 15 is 0 Å². The van der Waals surface area contributed by atoms with Gasteiger partial charge in [0.05, 0.1) is 5.01 Å². The van der Waals surface area contributed by atoms with E-state index < -0.39 is 0 Å². The molecule has 1 aromatic rings. The second kappa shape index (κ2) is 8.15. The van der Waals surface area contributed by atoms with E-state index in [1.807, 2.05) is 6.20 Å². The SMILES string of the molecule is CCc1cnc(CCNC(=NC)NC(C)C(C)C)s1. The second-order valence-electron chi connectivity index (χ2n) is 5.00. The average Bonchev–Trinajstić information content (AvgIpc) is 2.85. The highest BCUT2D eigenvalue weighted by molar-refractivity contribution is 7.11. The molecule has 0 aromatic carbocycles. The minimum absolute atomic E-state index is 0.415. The first-order chi connectivity index (χ1) is 9.06. The maximum Gasteiger partial charge on any atom is 0.191 e. The zero-order chi connectivity index (χ0) is 14.3. The molecule has 19 heavy (non-hydrogen) atoms. The molecule has 0 aliphatic heterocycles. The Labute approximate surface area is 120 Å². The zero-order valence-electron chi connectivity index (χ0n) is 12.7. The Kier molecular flexibility index (Phi) is 6.84. The van der Waals surface area contributed by atoms with E-state index in [0.29, 0.717) is 12.0 Å². The molecule has 0 aliphatic rings. The number of hydrogen-bond donors (Lipinski definition) is 2. The summed E-state index contributed by atoms with van der Waals surface area (Å²) >= 11 is 1.80. The third kappa shape index (κ3) is 5.59. The fourth-order valence-corrected chi connectivity index (χ4v) is 2.35. The van der Waals surface area contributed by atoms with Gasteiger partial charge >= 0.3 is 0 Å². The highest BCUT2D eigenvalue weighted by Gasteiger charge is 2.08. The maximum absolute atomic E-state index is 4.42. The van der Waals surface area contributed by atoms with Crippen molar-refractivity contribution in [2.75, 3.05) is 13.6 Å². The van der Waals surface area contributed by atoms with Crippen LogP contribution in [0.5, 0.6) is 0 Å². The Bertz CT molecular complexity index is 398. The molecule has 2 N–H and O–H groups in total. The van der Waals surface area contributed by atoms with Crippen LogP contribution in [0, 0.1) is 5.92 Å². The molecule has 5 heteroatoms. The van der Waals surface area contributed by atoms with Gasteiger partial charge in [-0.2, -0.15) is 0 Å². The molecule has 0 radical (unpaired) electrons. The van der Waals surface area contributed by atoms with Crippen LogP contribution in [0.15, 0.2) is 11.2 Å². The van der Waals surface area contributed by atoms with Gasteiger partial charge in [-0.15, -0.1) is 11.3 Å².